The van der Waals surface area contributed by atoms with Crippen molar-refractivity contribution in [2.45, 2.75) is 70.1 Å². The molecule has 5 rings (SSSR count). The van der Waals surface area contributed by atoms with Gasteiger partial charge in [0.1, 0.15) is 11.3 Å². The van der Waals surface area contributed by atoms with Crippen LogP contribution in [0.15, 0.2) is 42.5 Å². The van der Waals surface area contributed by atoms with Crippen molar-refractivity contribution in [1.29, 1.82) is 0 Å². The molecule has 1 heterocycles. The van der Waals surface area contributed by atoms with Gasteiger partial charge in [-0.3, -0.25) is 10.1 Å². The van der Waals surface area contributed by atoms with Crippen LogP contribution in [0.4, 0.5) is 0 Å². The molecule has 6 heteroatoms. The summed E-state index contributed by atoms with van der Waals surface area (Å²) in [6, 6.07) is 14.3. The third-order valence-corrected chi connectivity index (χ3v) is 7.56. The highest BCUT2D eigenvalue weighted by molar-refractivity contribution is 5.93. The first-order valence-corrected chi connectivity index (χ1v) is 11.6. The molecule has 2 atom stereocenters. The molecule has 3 N–H and O–H groups in total. The van der Waals surface area contributed by atoms with Crippen LogP contribution in [0.1, 0.15) is 50.7 Å². The summed E-state index contributed by atoms with van der Waals surface area (Å²) in [6.07, 6.45) is 3.79. The van der Waals surface area contributed by atoms with Gasteiger partial charge in [0.05, 0.1) is 19.3 Å². The Bertz CT molecular complexity index is 1030. The van der Waals surface area contributed by atoms with Gasteiger partial charge in [-0.2, -0.15) is 0 Å². The maximum Gasteiger partial charge on any atom is 0.248 e. The zero-order valence-corrected chi connectivity index (χ0v) is 19.0. The van der Waals surface area contributed by atoms with Crippen LogP contribution < -0.4 is 15.4 Å². The molecule has 3 aliphatic rings. The van der Waals surface area contributed by atoms with E-state index in [2.05, 4.69) is 42.7 Å². The number of aliphatic hydroxyl groups excluding tert-OH is 1. The lowest BCUT2D eigenvalue weighted by Crippen LogP contribution is -2.57. The van der Waals surface area contributed by atoms with Crippen LogP contribution in [-0.2, 0) is 21.5 Å². The van der Waals surface area contributed by atoms with Crippen molar-refractivity contribution >= 4 is 5.91 Å². The molecule has 170 valence electrons. The van der Waals surface area contributed by atoms with Crippen LogP contribution in [0.2, 0.25) is 0 Å². The largest absolute Gasteiger partial charge is 0.497 e. The van der Waals surface area contributed by atoms with Crippen molar-refractivity contribution in [2.75, 3.05) is 7.11 Å². The summed E-state index contributed by atoms with van der Waals surface area (Å²) in [7, 11) is 1.66. The summed E-state index contributed by atoms with van der Waals surface area (Å²) in [5.74, 6) is 0.666. The van der Waals surface area contributed by atoms with E-state index < -0.39 is 11.9 Å². The second-order valence-electron chi connectivity index (χ2n) is 9.72. The molecule has 2 aromatic rings. The normalized spacial score (nSPS) is 31.3. The Morgan fingerprint density at radius 1 is 1.09 bits per heavy atom. The van der Waals surface area contributed by atoms with Gasteiger partial charge in [-0.1, -0.05) is 24.3 Å². The van der Waals surface area contributed by atoms with E-state index in [1.165, 1.54) is 5.56 Å². The van der Waals surface area contributed by atoms with Crippen molar-refractivity contribution in [3.05, 3.63) is 53.6 Å². The number of benzene rings is 2. The van der Waals surface area contributed by atoms with Gasteiger partial charge in [-0.05, 0) is 86.4 Å². The molecule has 32 heavy (non-hydrogen) atoms. The number of fused-ring (bicyclic) bond motifs is 3. The van der Waals surface area contributed by atoms with Gasteiger partial charge in [-0.15, -0.1) is 0 Å². The highest BCUT2D eigenvalue weighted by atomic mass is 16.5. The summed E-state index contributed by atoms with van der Waals surface area (Å²) >= 11 is 0. The molecule has 2 fully saturated rings. The van der Waals surface area contributed by atoms with Gasteiger partial charge in [0, 0.05) is 5.41 Å². The molecule has 2 aliphatic carbocycles. The topological polar surface area (TPSA) is 79.8 Å². The molecule has 1 amide bonds. The van der Waals surface area contributed by atoms with Gasteiger partial charge in [0.15, 0.2) is 6.35 Å². The molecule has 2 spiro atoms. The number of carbonyl (C=O) groups excluding carboxylic acids is 1. The minimum absolute atomic E-state index is 0.130. The average Bonchev–Trinajstić information content (AvgIpc) is 3.23. The number of rotatable bonds is 4. The quantitative estimate of drug-likeness (QED) is 0.684. The van der Waals surface area contributed by atoms with Crippen LogP contribution in [0, 0.1) is 5.41 Å². The predicted molar refractivity (Wildman–Crippen MR) is 122 cm³/mol. The molecule has 2 aromatic carbocycles. The Morgan fingerprint density at radius 3 is 2.50 bits per heavy atom. The van der Waals surface area contributed by atoms with Crippen molar-refractivity contribution in [1.82, 2.24) is 10.6 Å². The lowest BCUT2D eigenvalue weighted by atomic mass is 9.61. The van der Waals surface area contributed by atoms with Crippen molar-refractivity contribution in [3.8, 4) is 16.9 Å². The molecular weight excluding hydrogens is 404 g/mol. The van der Waals surface area contributed by atoms with Crippen LogP contribution in [-0.4, -0.2) is 36.7 Å². The van der Waals surface area contributed by atoms with Gasteiger partial charge in [0.2, 0.25) is 5.91 Å². The number of nitrogens with one attached hydrogen (secondary N) is 2. The van der Waals surface area contributed by atoms with Gasteiger partial charge in [0.25, 0.3) is 0 Å². The second kappa shape index (κ2) is 7.87. The van der Waals surface area contributed by atoms with Gasteiger partial charge < -0.3 is 19.9 Å². The van der Waals surface area contributed by atoms with E-state index in [0.717, 1.165) is 54.5 Å². The number of aliphatic hydroxyl groups is 1. The predicted octanol–water partition coefficient (Wildman–Crippen LogP) is 3.46. The molecule has 6 nitrogen and oxygen atoms in total. The maximum atomic E-state index is 13.5. The van der Waals surface area contributed by atoms with Gasteiger partial charge >= 0.3 is 0 Å². The summed E-state index contributed by atoms with van der Waals surface area (Å²) in [5, 5.41) is 16.4. The third kappa shape index (κ3) is 3.24. The number of amides is 1. The highest BCUT2D eigenvalue weighted by Gasteiger charge is 2.65. The second-order valence-corrected chi connectivity index (χ2v) is 9.72. The Kier molecular flexibility index (Phi) is 5.27. The number of ether oxygens (including phenoxy) is 2. The number of hydrogen-bond acceptors (Lipinski definition) is 5. The van der Waals surface area contributed by atoms with E-state index in [9.17, 15) is 9.90 Å². The lowest BCUT2D eigenvalue weighted by Gasteiger charge is -2.47. The van der Waals surface area contributed by atoms with Crippen LogP contribution in [0.5, 0.6) is 5.75 Å². The fraction of sp³-hybridized carbons (Fsp3) is 0.500. The molecule has 1 saturated carbocycles. The average molecular weight is 437 g/mol. The summed E-state index contributed by atoms with van der Waals surface area (Å²) < 4.78 is 11.5. The number of carbonyl (C=O) groups is 1. The van der Waals surface area contributed by atoms with E-state index >= 15 is 0 Å². The van der Waals surface area contributed by atoms with E-state index in [1.807, 2.05) is 24.3 Å². The molecule has 1 saturated heterocycles. The minimum Gasteiger partial charge on any atom is -0.497 e. The zero-order chi connectivity index (χ0) is 22.5. The molecule has 1 aliphatic heterocycles. The highest BCUT2D eigenvalue weighted by Crippen LogP contribution is 2.59. The lowest BCUT2D eigenvalue weighted by molar-refractivity contribution is -0.132. The molecule has 0 bridgehead atoms. The van der Waals surface area contributed by atoms with E-state index in [4.69, 9.17) is 9.47 Å². The minimum atomic E-state index is -1.05. The van der Waals surface area contributed by atoms with E-state index in [0.29, 0.717) is 0 Å². The van der Waals surface area contributed by atoms with Crippen molar-refractivity contribution in [2.24, 2.45) is 5.41 Å². The molecular formula is C26H32N2O4. The van der Waals surface area contributed by atoms with Crippen LogP contribution in [0.25, 0.3) is 11.1 Å². The Hall–Kier alpha value is -2.41. The first-order valence-electron chi connectivity index (χ1n) is 11.6. The first-order chi connectivity index (χ1) is 15.4. The number of hydrogen-bond donors (Lipinski definition) is 3. The standard InChI is InChI=1S/C26H32N2O4/c1-16(2)32-20-9-11-25(12-10-20)15-19-8-7-18(17-5-4-6-21(13-17)31-3)14-22(19)26(25)23(29)27-24(30)28-26/h4-8,13-14,16,20,24,28,30H,9-12,15H2,1-3H3,(H,27,29). The van der Waals surface area contributed by atoms with Crippen molar-refractivity contribution in [3.63, 3.8) is 0 Å². The Morgan fingerprint density at radius 2 is 1.84 bits per heavy atom. The van der Waals surface area contributed by atoms with Gasteiger partial charge in [-0.25, -0.2) is 0 Å². The number of methoxy groups -OCH3 is 1. The van der Waals surface area contributed by atoms with Crippen LogP contribution >= 0.6 is 0 Å². The SMILES string of the molecule is COc1cccc(-c2ccc3c(c2)C2(NC(O)NC2=O)C2(CCC(OC(C)C)CC2)C3)c1. The Labute approximate surface area is 189 Å². The summed E-state index contributed by atoms with van der Waals surface area (Å²) in [6.45, 7) is 4.14. The van der Waals surface area contributed by atoms with Crippen LogP contribution in [0.3, 0.4) is 0 Å². The summed E-state index contributed by atoms with van der Waals surface area (Å²) in [4.78, 5) is 13.5. The molecule has 2 unspecified atom stereocenters. The Balaban J connectivity index is 1.56. The fourth-order valence-corrected chi connectivity index (χ4v) is 6.19. The third-order valence-electron chi connectivity index (χ3n) is 7.56. The van der Waals surface area contributed by atoms with E-state index in [1.54, 1.807) is 7.11 Å². The van der Waals surface area contributed by atoms with E-state index in [-0.39, 0.29) is 23.5 Å². The summed E-state index contributed by atoms with van der Waals surface area (Å²) in [5.41, 5.74) is 3.02. The molecule has 0 radical (unpaired) electrons. The molecule has 0 aromatic heterocycles. The fourth-order valence-electron chi connectivity index (χ4n) is 6.19. The monoisotopic (exact) mass is 436 g/mol. The first kappa shape index (κ1) is 21.4. The maximum absolute atomic E-state index is 13.5. The zero-order valence-electron chi connectivity index (χ0n) is 19.0. The smallest absolute Gasteiger partial charge is 0.248 e. The van der Waals surface area contributed by atoms with Crippen molar-refractivity contribution < 1.29 is 19.4 Å².